The first-order chi connectivity index (χ1) is 8.27. The van der Waals surface area contributed by atoms with Gasteiger partial charge in [-0.1, -0.05) is 0 Å². The Hall–Kier alpha value is -0.410. The first-order valence-electron chi connectivity index (χ1n) is 6.83. The van der Waals surface area contributed by atoms with Gasteiger partial charge in [-0.3, -0.25) is 0 Å². The second kappa shape index (κ2) is 3.55. The van der Waals surface area contributed by atoms with Crippen LogP contribution in [0.15, 0.2) is 5.38 Å². The van der Waals surface area contributed by atoms with Gasteiger partial charge in [0.15, 0.2) is 0 Å². The van der Waals surface area contributed by atoms with E-state index in [1.165, 1.54) is 43.5 Å². The number of aliphatic hydroxyl groups is 1. The monoisotopic (exact) mass is 249 g/mol. The number of thiazole rings is 1. The van der Waals surface area contributed by atoms with E-state index in [0.29, 0.717) is 5.41 Å². The molecule has 92 valence electrons. The highest BCUT2D eigenvalue weighted by molar-refractivity contribution is 7.09. The molecule has 17 heavy (non-hydrogen) atoms. The lowest BCUT2D eigenvalue weighted by molar-refractivity contribution is -0.00538. The van der Waals surface area contributed by atoms with Gasteiger partial charge in [0.1, 0.15) is 0 Å². The van der Waals surface area contributed by atoms with Crippen LogP contribution in [0.4, 0.5) is 0 Å². The second-order valence-corrected chi connectivity index (χ2v) is 7.36. The molecule has 5 rings (SSSR count). The molecule has 0 saturated heterocycles. The highest BCUT2D eigenvalue weighted by Crippen LogP contribution is 2.61. The van der Waals surface area contributed by atoms with Gasteiger partial charge in [0.25, 0.3) is 0 Å². The lowest BCUT2D eigenvalue weighted by atomic mass is 9.50. The minimum absolute atomic E-state index is 0.100. The van der Waals surface area contributed by atoms with Gasteiger partial charge in [-0.25, -0.2) is 4.98 Å². The van der Waals surface area contributed by atoms with Crippen molar-refractivity contribution in [1.82, 2.24) is 4.98 Å². The molecule has 0 atom stereocenters. The Labute approximate surface area is 106 Å². The molecule has 4 fully saturated rings. The van der Waals surface area contributed by atoms with Crippen LogP contribution in [0.25, 0.3) is 0 Å². The smallest absolute Gasteiger partial charge is 0.0991 e. The van der Waals surface area contributed by atoms with E-state index >= 15 is 0 Å². The molecule has 2 nitrogen and oxygen atoms in total. The van der Waals surface area contributed by atoms with E-state index in [0.717, 1.165) is 23.4 Å². The van der Waals surface area contributed by atoms with Crippen molar-refractivity contribution in [3.8, 4) is 0 Å². The molecule has 0 aliphatic heterocycles. The van der Waals surface area contributed by atoms with Crippen molar-refractivity contribution in [1.29, 1.82) is 0 Å². The third kappa shape index (κ3) is 1.52. The van der Waals surface area contributed by atoms with Gasteiger partial charge in [-0.05, 0) is 56.3 Å². The summed E-state index contributed by atoms with van der Waals surface area (Å²) in [5.41, 5.74) is 1.29. The average Bonchev–Trinajstić information content (AvgIpc) is 2.76. The Morgan fingerprint density at radius 1 is 1.18 bits per heavy atom. The zero-order valence-corrected chi connectivity index (χ0v) is 10.9. The number of aromatic nitrogens is 1. The molecule has 0 radical (unpaired) electrons. The number of rotatable bonds is 2. The van der Waals surface area contributed by atoms with E-state index in [2.05, 4.69) is 4.98 Å². The highest BCUT2D eigenvalue weighted by Gasteiger charge is 2.52. The molecular formula is C14H19NOS. The largest absolute Gasteiger partial charge is 0.390 e. The molecule has 4 bridgehead atoms. The third-order valence-electron chi connectivity index (χ3n) is 5.21. The highest BCUT2D eigenvalue weighted by atomic mass is 32.1. The Morgan fingerprint density at radius 3 is 2.24 bits per heavy atom. The number of nitrogens with zero attached hydrogens (tertiary/aromatic N) is 1. The molecule has 1 aromatic heterocycles. The summed E-state index contributed by atoms with van der Waals surface area (Å²) in [6, 6.07) is 0. The van der Waals surface area contributed by atoms with E-state index < -0.39 is 0 Å². The molecule has 4 aliphatic rings. The number of hydrogen-bond acceptors (Lipinski definition) is 3. The standard InChI is InChI=1S/C14H19NOS/c16-7-12-8-17-13(15-12)14-4-9-1-10(5-14)3-11(2-9)6-14/h8-11,16H,1-7H2. The van der Waals surface area contributed by atoms with Crippen molar-refractivity contribution in [2.24, 2.45) is 17.8 Å². The molecule has 0 amide bonds. The molecule has 1 heterocycles. The summed E-state index contributed by atoms with van der Waals surface area (Å²) in [6.45, 7) is 0.100. The van der Waals surface area contributed by atoms with Crippen LogP contribution in [0, 0.1) is 17.8 Å². The molecule has 0 aromatic carbocycles. The van der Waals surface area contributed by atoms with E-state index in [1.807, 2.05) is 5.38 Å². The van der Waals surface area contributed by atoms with Crippen molar-refractivity contribution in [3.05, 3.63) is 16.1 Å². The summed E-state index contributed by atoms with van der Waals surface area (Å²) in [6.07, 6.45) is 8.57. The van der Waals surface area contributed by atoms with Crippen LogP contribution in [0.3, 0.4) is 0 Å². The molecule has 0 spiro atoms. The molecule has 1 N–H and O–H groups in total. The summed E-state index contributed by atoms with van der Waals surface area (Å²) in [4.78, 5) is 4.69. The third-order valence-corrected chi connectivity index (χ3v) is 6.34. The van der Waals surface area contributed by atoms with Crippen molar-refractivity contribution < 1.29 is 5.11 Å². The van der Waals surface area contributed by atoms with Crippen molar-refractivity contribution in [2.75, 3.05) is 0 Å². The van der Waals surface area contributed by atoms with Gasteiger partial charge >= 0.3 is 0 Å². The van der Waals surface area contributed by atoms with Gasteiger partial charge in [0, 0.05) is 10.8 Å². The van der Waals surface area contributed by atoms with Gasteiger partial charge in [0.05, 0.1) is 17.3 Å². The van der Waals surface area contributed by atoms with Gasteiger partial charge in [0.2, 0.25) is 0 Å². The van der Waals surface area contributed by atoms with Gasteiger partial charge < -0.3 is 5.11 Å². The first kappa shape index (κ1) is 10.5. The van der Waals surface area contributed by atoms with Crippen LogP contribution in [-0.2, 0) is 12.0 Å². The van der Waals surface area contributed by atoms with Crippen LogP contribution in [-0.4, -0.2) is 10.1 Å². The predicted octanol–water partition coefficient (Wildman–Crippen LogP) is 3.10. The van der Waals surface area contributed by atoms with E-state index in [1.54, 1.807) is 11.3 Å². The van der Waals surface area contributed by atoms with Crippen LogP contribution < -0.4 is 0 Å². The molecule has 0 unspecified atom stereocenters. The summed E-state index contributed by atoms with van der Waals surface area (Å²) in [5.74, 6) is 2.92. The summed E-state index contributed by atoms with van der Waals surface area (Å²) >= 11 is 1.79. The van der Waals surface area contributed by atoms with Gasteiger partial charge in [-0.15, -0.1) is 11.3 Å². The molecule has 1 aromatic rings. The number of aliphatic hydroxyl groups excluding tert-OH is 1. The average molecular weight is 249 g/mol. The predicted molar refractivity (Wildman–Crippen MR) is 67.9 cm³/mol. The van der Waals surface area contributed by atoms with Crippen LogP contribution in [0.5, 0.6) is 0 Å². The molecular weight excluding hydrogens is 230 g/mol. The van der Waals surface area contributed by atoms with Crippen molar-refractivity contribution in [2.45, 2.75) is 50.5 Å². The van der Waals surface area contributed by atoms with Crippen LogP contribution in [0.2, 0.25) is 0 Å². The second-order valence-electron chi connectivity index (χ2n) is 6.50. The van der Waals surface area contributed by atoms with E-state index in [-0.39, 0.29) is 6.61 Å². The minimum Gasteiger partial charge on any atom is -0.390 e. The molecule has 4 aliphatic carbocycles. The Balaban J connectivity index is 1.72. The fourth-order valence-electron chi connectivity index (χ4n) is 5.00. The zero-order valence-electron chi connectivity index (χ0n) is 10.1. The van der Waals surface area contributed by atoms with Crippen LogP contribution >= 0.6 is 11.3 Å². The first-order valence-corrected chi connectivity index (χ1v) is 7.71. The fraction of sp³-hybridized carbons (Fsp3) is 0.786. The SMILES string of the molecule is OCc1csc(C23CC4CC(CC(C4)C2)C3)n1. The Bertz CT molecular complexity index is 404. The Kier molecular flexibility index (Phi) is 2.19. The quantitative estimate of drug-likeness (QED) is 0.873. The Morgan fingerprint density at radius 2 is 1.76 bits per heavy atom. The summed E-state index contributed by atoms with van der Waals surface area (Å²) < 4.78 is 0. The lowest BCUT2D eigenvalue weighted by Gasteiger charge is -2.56. The maximum absolute atomic E-state index is 9.18. The number of hydrogen-bond donors (Lipinski definition) is 1. The van der Waals surface area contributed by atoms with Crippen molar-refractivity contribution in [3.63, 3.8) is 0 Å². The summed E-state index contributed by atoms with van der Waals surface area (Å²) in [7, 11) is 0. The van der Waals surface area contributed by atoms with Crippen molar-refractivity contribution >= 4 is 11.3 Å². The maximum atomic E-state index is 9.18. The minimum atomic E-state index is 0.100. The van der Waals surface area contributed by atoms with Gasteiger partial charge in [-0.2, -0.15) is 0 Å². The topological polar surface area (TPSA) is 33.1 Å². The molecule has 4 saturated carbocycles. The maximum Gasteiger partial charge on any atom is 0.0991 e. The van der Waals surface area contributed by atoms with E-state index in [4.69, 9.17) is 0 Å². The molecule has 3 heteroatoms. The van der Waals surface area contributed by atoms with E-state index in [9.17, 15) is 5.11 Å². The normalized spacial score (nSPS) is 43.2. The lowest BCUT2D eigenvalue weighted by Crippen LogP contribution is -2.48. The fourth-order valence-corrected chi connectivity index (χ4v) is 6.04. The van der Waals surface area contributed by atoms with Crippen LogP contribution in [0.1, 0.15) is 49.2 Å². The summed E-state index contributed by atoms with van der Waals surface area (Å²) in [5, 5.41) is 12.6. The zero-order chi connectivity index (χ0) is 11.5.